The van der Waals surface area contributed by atoms with Gasteiger partial charge in [0.15, 0.2) is 0 Å². The van der Waals surface area contributed by atoms with Gasteiger partial charge in [0.2, 0.25) is 0 Å². The highest BCUT2D eigenvalue weighted by Gasteiger charge is 2.30. The van der Waals surface area contributed by atoms with Gasteiger partial charge in [-0.3, -0.25) is 0 Å². The SMILES string of the molecule is Cc1ccccc1-c1nc2cc(C(F)(F)F)ccc2s1. The Bertz CT molecular complexity index is 774. The van der Waals surface area contributed by atoms with Crippen molar-refractivity contribution in [3.8, 4) is 10.6 Å². The van der Waals surface area contributed by atoms with E-state index in [2.05, 4.69) is 4.98 Å². The number of hydrogen-bond acceptors (Lipinski definition) is 2. The molecule has 0 bridgehead atoms. The van der Waals surface area contributed by atoms with E-state index < -0.39 is 11.7 Å². The summed E-state index contributed by atoms with van der Waals surface area (Å²) < 4.78 is 38.8. The van der Waals surface area contributed by atoms with Gasteiger partial charge in [0.05, 0.1) is 15.8 Å². The Kier molecular flexibility index (Phi) is 3.01. The zero-order chi connectivity index (χ0) is 14.3. The predicted molar refractivity (Wildman–Crippen MR) is 74.8 cm³/mol. The summed E-state index contributed by atoms with van der Waals surface area (Å²) in [5, 5.41) is 0.748. The Morgan fingerprint density at radius 1 is 1.05 bits per heavy atom. The number of halogens is 3. The maximum atomic E-state index is 12.7. The van der Waals surface area contributed by atoms with Gasteiger partial charge in [0.25, 0.3) is 0 Å². The van der Waals surface area contributed by atoms with Gasteiger partial charge >= 0.3 is 6.18 Å². The first kappa shape index (κ1) is 13.1. The van der Waals surface area contributed by atoms with Gasteiger partial charge in [0.1, 0.15) is 5.01 Å². The van der Waals surface area contributed by atoms with Crippen LogP contribution in [0.25, 0.3) is 20.8 Å². The van der Waals surface area contributed by atoms with Gasteiger partial charge in [0, 0.05) is 5.56 Å². The third-order valence-corrected chi connectivity index (χ3v) is 4.16. The zero-order valence-electron chi connectivity index (χ0n) is 10.5. The maximum Gasteiger partial charge on any atom is 0.416 e. The molecule has 2 aromatic carbocycles. The van der Waals surface area contributed by atoms with Crippen molar-refractivity contribution in [2.45, 2.75) is 13.1 Å². The van der Waals surface area contributed by atoms with Crippen molar-refractivity contribution in [3.63, 3.8) is 0 Å². The van der Waals surface area contributed by atoms with Crippen molar-refractivity contribution in [2.75, 3.05) is 0 Å². The number of hydrogen-bond donors (Lipinski definition) is 0. The van der Waals surface area contributed by atoms with Gasteiger partial charge in [-0.15, -0.1) is 11.3 Å². The van der Waals surface area contributed by atoms with Crippen LogP contribution in [0.15, 0.2) is 42.5 Å². The van der Waals surface area contributed by atoms with Crippen molar-refractivity contribution >= 4 is 21.6 Å². The molecular formula is C15H10F3NS. The molecule has 0 unspecified atom stereocenters. The lowest BCUT2D eigenvalue weighted by molar-refractivity contribution is -0.137. The van der Waals surface area contributed by atoms with Gasteiger partial charge < -0.3 is 0 Å². The number of fused-ring (bicyclic) bond motifs is 1. The molecule has 1 aromatic heterocycles. The summed E-state index contributed by atoms with van der Waals surface area (Å²) in [4.78, 5) is 4.34. The minimum absolute atomic E-state index is 0.392. The fourth-order valence-electron chi connectivity index (χ4n) is 2.03. The van der Waals surface area contributed by atoms with Crippen LogP contribution >= 0.6 is 11.3 Å². The number of aromatic nitrogens is 1. The molecule has 0 fully saturated rings. The van der Waals surface area contributed by atoms with Gasteiger partial charge in [-0.25, -0.2) is 4.98 Å². The third kappa shape index (κ3) is 2.29. The van der Waals surface area contributed by atoms with Crippen LogP contribution in [0.2, 0.25) is 0 Å². The molecule has 1 nitrogen and oxygen atoms in total. The van der Waals surface area contributed by atoms with Crippen molar-refractivity contribution in [3.05, 3.63) is 53.6 Å². The van der Waals surface area contributed by atoms with Crippen LogP contribution in [-0.2, 0) is 6.18 Å². The highest BCUT2D eigenvalue weighted by Crippen LogP contribution is 2.36. The molecule has 0 aliphatic carbocycles. The monoisotopic (exact) mass is 293 g/mol. The predicted octanol–water partition coefficient (Wildman–Crippen LogP) is 5.29. The lowest BCUT2D eigenvalue weighted by atomic mass is 10.1. The smallest absolute Gasteiger partial charge is 0.236 e. The second-order valence-corrected chi connectivity index (χ2v) is 5.54. The van der Waals surface area contributed by atoms with E-state index in [1.54, 1.807) is 0 Å². The van der Waals surface area contributed by atoms with E-state index >= 15 is 0 Å². The standard InChI is InChI=1S/C15H10F3NS/c1-9-4-2-3-5-11(9)14-19-12-8-10(15(16,17)18)6-7-13(12)20-14/h2-8H,1H3. The number of nitrogens with zero attached hydrogens (tertiary/aromatic N) is 1. The molecule has 5 heteroatoms. The largest absolute Gasteiger partial charge is 0.416 e. The number of benzene rings is 2. The Morgan fingerprint density at radius 2 is 1.80 bits per heavy atom. The average molecular weight is 293 g/mol. The first-order chi connectivity index (χ1) is 9.45. The molecule has 3 rings (SSSR count). The first-order valence-electron chi connectivity index (χ1n) is 5.99. The molecule has 0 saturated carbocycles. The van der Waals surface area contributed by atoms with Crippen LogP contribution in [0.4, 0.5) is 13.2 Å². The highest BCUT2D eigenvalue weighted by molar-refractivity contribution is 7.21. The van der Waals surface area contributed by atoms with Crippen molar-refractivity contribution in [2.24, 2.45) is 0 Å². The van der Waals surface area contributed by atoms with Crippen LogP contribution in [0, 0.1) is 6.92 Å². The second-order valence-electron chi connectivity index (χ2n) is 4.51. The summed E-state index contributed by atoms with van der Waals surface area (Å²) in [7, 11) is 0. The van der Waals surface area contributed by atoms with E-state index in [-0.39, 0.29) is 0 Å². The summed E-state index contributed by atoms with van der Waals surface area (Å²) in [5.74, 6) is 0. The molecule has 0 radical (unpaired) electrons. The molecule has 0 atom stereocenters. The van der Waals surface area contributed by atoms with E-state index in [0.29, 0.717) is 5.52 Å². The molecular weight excluding hydrogens is 283 g/mol. The van der Waals surface area contributed by atoms with E-state index in [1.807, 2.05) is 31.2 Å². The Balaban J connectivity index is 2.14. The van der Waals surface area contributed by atoms with E-state index in [9.17, 15) is 13.2 Å². The Labute approximate surface area is 117 Å². The van der Waals surface area contributed by atoms with Crippen LogP contribution in [0.5, 0.6) is 0 Å². The molecule has 1 heterocycles. The van der Waals surface area contributed by atoms with Crippen LogP contribution in [0.3, 0.4) is 0 Å². The number of rotatable bonds is 1. The van der Waals surface area contributed by atoms with E-state index in [1.165, 1.54) is 17.4 Å². The van der Waals surface area contributed by atoms with Crippen LogP contribution in [-0.4, -0.2) is 4.98 Å². The molecule has 102 valence electrons. The normalized spacial score (nSPS) is 12.0. The minimum atomic E-state index is -4.33. The summed E-state index contributed by atoms with van der Waals surface area (Å²) in [6, 6.07) is 11.4. The summed E-state index contributed by atoms with van der Waals surface area (Å²) in [5.41, 5.74) is 1.75. The fraction of sp³-hybridized carbons (Fsp3) is 0.133. The topological polar surface area (TPSA) is 12.9 Å². The molecule has 0 amide bonds. The molecule has 3 aromatic rings. The van der Waals surface area contributed by atoms with E-state index in [0.717, 1.165) is 33.0 Å². The van der Waals surface area contributed by atoms with Crippen LogP contribution in [0.1, 0.15) is 11.1 Å². The first-order valence-corrected chi connectivity index (χ1v) is 6.80. The number of aryl methyl sites for hydroxylation is 1. The Hall–Kier alpha value is -1.88. The number of alkyl halides is 3. The van der Waals surface area contributed by atoms with E-state index in [4.69, 9.17) is 0 Å². The molecule has 0 N–H and O–H groups in total. The average Bonchev–Trinajstić information content (AvgIpc) is 2.80. The van der Waals surface area contributed by atoms with Gasteiger partial charge in [-0.1, -0.05) is 24.3 Å². The molecule has 0 spiro atoms. The van der Waals surface area contributed by atoms with Gasteiger partial charge in [-0.2, -0.15) is 13.2 Å². The van der Waals surface area contributed by atoms with Crippen molar-refractivity contribution in [1.82, 2.24) is 4.98 Å². The third-order valence-electron chi connectivity index (χ3n) is 3.09. The molecule has 0 aliphatic heterocycles. The molecule has 20 heavy (non-hydrogen) atoms. The second kappa shape index (κ2) is 4.59. The fourth-order valence-corrected chi connectivity index (χ4v) is 3.07. The summed E-state index contributed by atoms with van der Waals surface area (Å²) >= 11 is 1.41. The zero-order valence-corrected chi connectivity index (χ0v) is 11.3. The van der Waals surface area contributed by atoms with Crippen molar-refractivity contribution < 1.29 is 13.2 Å². The molecule has 0 aliphatic rings. The highest BCUT2D eigenvalue weighted by atomic mass is 32.1. The minimum Gasteiger partial charge on any atom is -0.236 e. The summed E-state index contributed by atoms with van der Waals surface area (Å²) in [6.45, 7) is 1.96. The quantitative estimate of drug-likeness (QED) is 0.594. The van der Waals surface area contributed by atoms with Crippen LogP contribution < -0.4 is 0 Å². The lowest BCUT2D eigenvalue weighted by Crippen LogP contribution is -2.03. The maximum absolute atomic E-state index is 12.7. The lowest BCUT2D eigenvalue weighted by Gasteiger charge is -2.04. The van der Waals surface area contributed by atoms with Gasteiger partial charge in [-0.05, 0) is 30.7 Å². The number of thiazole rings is 1. The molecule has 0 saturated heterocycles. The Morgan fingerprint density at radius 3 is 2.50 bits per heavy atom. The van der Waals surface area contributed by atoms with Crippen molar-refractivity contribution in [1.29, 1.82) is 0 Å². The summed E-state index contributed by atoms with van der Waals surface area (Å²) in [6.07, 6.45) is -4.33.